The molecule has 3 rings (SSSR count). The van der Waals surface area contributed by atoms with Crippen LogP contribution in [-0.2, 0) is 6.54 Å². The molecule has 0 aliphatic carbocycles. The first-order valence-electron chi connectivity index (χ1n) is 5.87. The molecule has 0 saturated carbocycles. The number of halogens is 3. The Morgan fingerprint density at radius 2 is 1.84 bits per heavy atom. The molecule has 2 heterocycles. The third-order valence-electron chi connectivity index (χ3n) is 3.31. The van der Waals surface area contributed by atoms with E-state index in [2.05, 4.69) is 84.4 Å². The lowest BCUT2D eigenvalue weighted by atomic mass is 10.1. The molecular weight excluding hydrogens is 483 g/mol. The number of aromatic nitrogens is 1. The van der Waals surface area contributed by atoms with Crippen molar-refractivity contribution in [2.24, 2.45) is 0 Å². The van der Waals surface area contributed by atoms with Crippen LogP contribution in [0.5, 0.6) is 0 Å². The summed E-state index contributed by atoms with van der Waals surface area (Å²) in [6.07, 6.45) is 0. The van der Waals surface area contributed by atoms with Crippen molar-refractivity contribution < 1.29 is 28.6 Å². The number of hydrogen-bond acceptors (Lipinski definition) is 0. The van der Waals surface area contributed by atoms with Crippen LogP contribution in [0.25, 0.3) is 0 Å². The Morgan fingerprint density at radius 3 is 2.53 bits per heavy atom. The second-order valence-electron chi connectivity index (χ2n) is 4.45. The topological polar surface area (TPSA) is 7.94 Å². The van der Waals surface area contributed by atoms with E-state index in [0.29, 0.717) is 0 Å². The van der Waals surface area contributed by atoms with Crippen LogP contribution in [0.3, 0.4) is 0 Å². The molecule has 100 valence electrons. The minimum absolute atomic E-state index is 0. The van der Waals surface area contributed by atoms with Gasteiger partial charge in [0.1, 0.15) is 12.7 Å². The van der Waals surface area contributed by atoms with Crippen molar-refractivity contribution >= 4 is 37.6 Å². The molecule has 2 nitrogen and oxygen atoms in total. The van der Waals surface area contributed by atoms with Crippen LogP contribution < -0.4 is 24.0 Å². The molecule has 1 aromatic carbocycles. The zero-order valence-corrected chi connectivity index (χ0v) is 15.7. The summed E-state index contributed by atoms with van der Waals surface area (Å²) in [5, 5.41) is 0. The molecule has 1 aliphatic rings. The van der Waals surface area contributed by atoms with E-state index >= 15 is 0 Å². The number of rotatable bonds is 1. The molecule has 19 heavy (non-hydrogen) atoms. The minimum atomic E-state index is 0. The van der Waals surface area contributed by atoms with E-state index in [4.69, 9.17) is 0 Å². The number of fused-ring (bicyclic) bond motifs is 1. The molecule has 2 aromatic rings. The number of benzene rings is 1. The summed E-state index contributed by atoms with van der Waals surface area (Å²) < 4.78 is 6.90. The maximum Gasteiger partial charge on any atom is 0.232 e. The molecule has 0 bridgehead atoms. The van der Waals surface area contributed by atoms with Crippen molar-refractivity contribution in [1.82, 2.24) is 4.57 Å². The van der Waals surface area contributed by atoms with Gasteiger partial charge in [-0.25, -0.2) is 4.58 Å². The number of likely N-dealkylation sites (N-methyl/N-ethyl adjacent to an activating group) is 1. The lowest BCUT2D eigenvalue weighted by molar-refractivity contribution is -0.500. The van der Waals surface area contributed by atoms with Crippen LogP contribution >= 0.6 is 31.9 Å². The van der Waals surface area contributed by atoms with Crippen LogP contribution in [0.2, 0.25) is 0 Å². The first-order chi connectivity index (χ1) is 8.68. The highest BCUT2D eigenvalue weighted by molar-refractivity contribution is 9.11. The fraction of sp³-hybridized carbons (Fsp3) is 0.214. The second kappa shape index (κ2) is 6.10. The van der Waals surface area contributed by atoms with Gasteiger partial charge in [0, 0.05) is 5.56 Å². The first kappa shape index (κ1) is 15.3. The van der Waals surface area contributed by atoms with E-state index in [1.54, 1.807) is 0 Å². The van der Waals surface area contributed by atoms with Gasteiger partial charge in [-0.15, -0.1) is 0 Å². The van der Waals surface area contributed by atoms with Gasteiger partial charge in [-0.1, -0.05) is 18.2 Å². The zero-order valence-electron chi connectivity index (χ0n) is 10.4. The molecule has 5 heteroatoms. The maximum absolute atomic E-state index is 3.67. The Morgan fingerprint density at radius 1 is 1.16 bits per heavy atom. The fourth-order valence-corrected chi connectivity index (χ4v) is 3.95. The van der Waals surface area contributed by atoms with E-state index in [9.17, 15) is 0 Å². The Bertz CT molecular complexity index is 632. The van der Waals surface area contributed by atoms with Crippen molar-refractivity contribution in [2.75, 3.05) is 13.6 Å². The standard InChI is InChI=1S/C14H13Br2N2.HI/c1-17-7-8-18-12(16)9-11(15)14(18)13(17)10-5-3-2-4-6-10;/h2-6,9H,7-8H2,1H3;1H/q+1;/p-1. The van der Waals surface area contributed by atoms with Crippen molar-refractivity contribution in [2.45, 2.75) is 6.54 Å². The molecule has 0 fully saturated rings. The third kappa shape index (κ3) is 2.69. The van der Waals surface area contributed by atoms with Gasteiger partial charge >= 0.3 is 0 Å². The maximum atomic E-state index is 3.67. The first-order valence-corrected chi connectivity index (χ1v) is 7.45. The average Bonchev–Trinajstić information content (AvgIpc) is 2.66. The van der Waals surface area contributed by atoms with Gasteiger partial charge in [-0.05, 0) is 50.1 Å². The summed E-state index contributed by atoms with van der Waals surface area (Å²) in [4.78, 5) is 0. The lowest BCUT2D eigenvalue weighted by Crippen LogP contribution is -3.00. The summed E-state index contributed by atoms with van der Waals surface area (Å²) in [7, 11) is 2.15. The Labute approximate surface area is 146 Å². The normalized spacial score (nSPS) is 14.1. The van der Waals surface area contributed by atoms with Crippen molar-refractivity contribution in [1.29, 1.82) is 0 Å². The van der Waals surface area contributed by atoms with Crippen LogP contribution in [0, 0.1) is 0 Å². The van der Waals surface area contributed by atoms with E-state index < -0.39 is 0 Å². The summed E-state index contributed by atoms with van der Waals surface area (Å²) in [6, 6.07) is 12.7. The summed E-state index contributed by atoms with van der Waals surface area (Å²) in [6.45, 7) is 2.03. The molecule has 1 aromatic heterocycles. The smallest absolute Gasteiger partial charge is 0.232 e. The zero-order chi connectivity index (χ0) is 12.7. The molecule has 0 N–H and O–H groups in total. The second-order valence-corrected chi connectivity index (χ2v) is 6.12. The summed E-state index contributed by atoms with van der Waals surface area (Å²) in [5.74, 6) is 0. The number of nitrogens with zero attached hydrogens (tertiary/aromatic N) is 2. The predicted octanol–water partition coefficient (Wildman–Crippen LogP) is 0.510. The van der Waals surface area contributed by atoms with Crippen molar-refractivity contribution in [3.8, 4) is 0 Å². The van der Waals surface area contributed by atoms with Gasteiger partial charge in [0.25, 0.3) is 0 Å². The van der Waals surface area contributed by atoms with Gasteiger partial charge in [-0.3, -0.25) is 0 Å². The van der Waals surface area contributed by atoms with Crippen molar-refractivity contribution in [3.63, 3.8) is 0 Å². The van der Waals surface area contributed by atoms with Gasteiger partial charge in [-0.2, -0.15) is 0 Å². The molecule has 0 amide bonds. The van der Waals surface area contributed by atoms with Crippen LogP contribution in [-0.4, -0.2) is 28.4 Å². The molecule has 1 aliphatic heterocycles. The molecule has 0 unspecified atom stereocenters. The molecular formula is C14H13Br2IN2. The van der Waals surface area contributed by atoms with Crippen LogP contribution in [0.4, 0.5) is 0 Å². The van der Waals surface area contributed by atoms with E-state index in [1.165, 1.54) is 17.0 Å². The third-order valence-corrected chi connectivity index (χ3v) is 4.57. The van der Waals surface area contributed by atoms with E-state index in [-0.39, 0.29) is 24.0 Å². The highest BCUT2D eigenvalue weighted by Gasteiger charge is 2.29. The lowest BCUT2D eigenvalue weighted by Gasteiger charge is -2.17. The van der Waals surface area contributed by atoms with Crippen molar-refractivity contribution in [3.05, 3.63) is 56.7 Å². The Hall–Kier alpha value is -0.140. The monoisotopic (exact) mass is 494 g/mol. The average molecular weight is 496 g/mol. The quantitative estimate of drug-likeness (QED) is 0.402. The van der Waals surface area contributed by atoms with E-state index in [1.807, 2.05) is 0 Å². The Kier molecular flexibility index (Phi) is 4.89. The minimum Gasteiger partial charge on any atom is -1.00 e. The van der Waals surface area contributed by atoms with Gasteiger partial charge in [0.15, 0.2) is 6.54 Å². The summed E-state index contributed by atoms with van der Waals surface area (Å²) in [5.41, 5.74) is 3.79. The highest BCUT2D eigenvalue weighted by atomic mass is 127. The predicted molar refractivity (Wildman–Crippen MR) is 80.5 cm³/mol. The SMILES string of the molecule is C[N+]1=C(c2ccccc2)c2c(Br)cc(Br)n2CC1.[I-]. The van der Waals surface area contributed by atoms with Crippen LogP contribution in [0.1, 0.15) is 11.3 Å². The Balaban J connectivity index is 0.00000133. The van der Waals surface area contributed by atoms with E-state index in [0.717, 1.165) is 22.2 Å². The molecule has 0 radical (unpaired) electrons. The van der Waals surface area contributed by atoms with Gasteiger partial charge < -0.3 is 28.5 Å². The highest BCUT2D eigenvalue weighted by Crippen LogP contribution is 2.29. The van der Waals surface area contributed by atoms with Gasteiger partial charge in [0.2, 0.25) is 5.71 Å². The molecule has 0 spiro atoms. The fourth-order valence-electron chi connectivity index (χ4n) is 2.44. The van der Waals surface area contributed by atoms with Gasteiger partial charge in [0.05, 0.1) is 15.6 Å². The largest absolute Gasteiger partial charge is 1.00 e. The number of hydrogen-bond donors (Lipinski definition) is 0. The molecule has 0 atom stereocenters. The summed E-state index contributed by atoms with van der Waals surface area (Å²) >= 11 is 7.29. The molecule has 0 saturated heterocycles. The van der Waals surface area contributed by atoms with Crippen LogP contribution in [0.15, 0.2) is 45.5 Å².